The molecule has 0 aliphatic carbocycles. The summed E-state index contributed by atoms with van der Waals surface area (Å²) in [6.07, 6.45) is 0.543. The summed E-state index contributed by atoms with van der Waals surface area (Å²) in [5.41, 5.74) is 7.57. The Morgan fingerprint density at radius 1 is 1.31 bits per heavy atom. The Balaban J connectivity index is 0.00000338. The van der Waals surface area contributed by atoms with Crippen LogP contribution in [0.15, 0.2) is 41.4 Å². The smallest absolute Gasteiger partial charge is 0.189 e. The number of rotatable bonds is 6. The van der Waals surface area contributed by atoms with Crippen molar-refractivity contribution in [1.82, 2.24) is 5.32 Å². The number of methoxy groups -OCH3 is 1. The summed E-state index contributed by atoms with van der Waals surface area (Å²) in [5, 5.41) is 14.3. The van der Waals surface area contributed by atoms with E-state index in [1.54, 1.807) is 18.2 Å². The maximum atomic E-state index is 10.1. The lowest BCUT2D eigenvalue weighted by atomic mass is 10.1. The van der Waals surface area contributed by atoms with Crippen LogP contribution in [0.4, 0.5) is 0 Å². The zero-order chi connectivity index (χ0) is 18.4. The molecule has 2 aromatic rings. The SMILES string of the molecule is COc1cccc(CCN=C(N)NC(C)c2ccc(Cl)cc2Cl)c1O.I. The third kappa shape index (κ3) is 6.10. The molecule has 0 aliphatic rings. The number of aromatic hydroxyl groups is 1. The molecule has 0 fully saturated rings. The van der Waals surface area contributed by atoms with Gasteiger partial charge in [0.05, 0.1) is 13.2 Å². The van der Waals surface area contributed by atoms with E-state index < -0.39 is 0 Å². The van der Waals surface area contributed by atoms with Gasteiger partial charge in [0.2, 0.25) is 0 Å². The third-order valence-electron chi connectivity index (χ3n) is 3.76. The molecule has 0 bridgehead atoms. The predicted molar refractivity (Wildman–Crippen MR) is 118 cm³/mol. The lowest BCUT2D eigenvalue weighted by molar-refractivity contribution is 0.370. The number of ether oxygens (including phenoxy) is 1. The molecule has 1 atom stereocenters. The second-order valence-corrected chi connectivity index (χ2v) is 6.36. The summed E-state index contributed by atoms with van der Waals surface area (Å²) in [6, 6.07) is 10.6. The van der Waals surface area contributed by atoms with E-state index in [2.05, 4.69) is 10.3 Å². The molecule has 0 spiro atoms. The van der Waals surface area contributed by atoms with Crippen molar-refractivity contribution in [3.63, 3.8) is 0 Å². The quantitative estimate of drug-likeness (QED) is 0.303. The lowest BCUT2D eigenvalue weighted by Gasteiger charge is -2.16. The Labute approximate surface area is 180 Å². The highest BCUT2D eigenvalue weighted by atomic mass is 127. The minimum Gasteiger partial charge on any atom is -0.504 e. The van der Waals surface area contributed by atoms with Gasteiger partial charge in [-0.1, -0.05) is 41.4 Å². The van der Waals surface area contributed by atoms with Gasteiger partial charge in [-0.05, 0) is 42.7 Å². The molecular weight excluding hydrogens is 488 g/mol. The van der Waals surface area contributed by atoms with Crippen LogP contribution in [0.2, 0.25) is 10.0 Å². The molecule has 0 amide bonds. The fourth-order valence-electron chi connectivity index (χ4n) is 2.43. The van der Waals surface area contributed by atoms with Gasteiger partial charge in [-0.2, -0.15) is 0 Å². The highest BCUT2D eigenvalue weighted by molar-refractivity contribution is 14.0. The number of phenols is 1. The largest absolute Gasteiger partial charge is 0.504 e. The van der Waals surface area contributed by atoms with Crippen LogP contribution in [0.3, 0.4) is 0 Å². The van der Waals surface area contributed by atoms with Gasteiger partial charge in [-0.3, -0.25) is 4.99 Å². The van der Waals surface area contributed by atoms with E-state index in [-0.39, 0.29) is 35.8 Å². The van der Waals surface area contributed by atoms with Crippen molar-refractivity contribution < 1.29 is 9.84 Å². The first kappa shape index (κ1) is 22.7. The Morgan fingerprint density at radius 3 is 2.69 bits per heavy atom. The van der Waals surface area contributed by atoms with Gasteiger partial charge in [0.15, 0.2) is 17.5 Å². The summed E-state index contributed by atoms with van der Waals surface area (Å²) in [4.78, 5) is 4.29. The summed E-state index contributed by atoms with van der Waals surface area (Å²) in [6.45, 7) is 2.37. The maximum Gasteiger partial charge on any atom is 0.189 e. The normalized spacial score (nSPS) is 12.2. The van der Waals surface area contributed by atoms with Crippen molar-refractivity contribution in [3.8, 4) is 11.5 Å². The molecule has 2 aromatic carbocycles. The molecule has 2 rings (SSSR count). The summed E-state index contributed by atoms with van der Waals surface area (Å²) in [7, 11) is 1.52. The number of halogens is 3. The maximum absolute atomic E-state index is 10.1. The Morgan fingerprint density at radius 2 is 2.04 bits per heavy atom. The van der Waals surface area contributed by atoms with Crippen LogP contribution < -0.4 is 15.8 Å². The predicted octanol–water partition coefficient (Wildman–Crippen LogP) is 4.53. The van der Waals surface area contributed by atoms with Crippen LogP contribution in [0.5, 0.6) is 11.5 Å². The average Bonchev–Trinajstić information content (AvgIpc) is 2.56. The number of benzene rings is 2. The van der Waals surface area contributed by atoms with Crippen molar-refractivity contribution in [1.29, 1.82) is 0 Å². The molecule has 26 heavy (non-hydrogen) atoms. The first-order valence-corrected chi connectivity index (χ1v) is 8.54. The molecule has 5 nitrogen and oxygen atoms in total. The van der Waals surface area contributed by atoms with E-state index >= 15 is 0 Å². The number of phenolic OH excluding ortho intramolecular Hbond substituents is 1. The van der Waals surface area contributed by atoms with Gasteiger partial charge in [0.25, 0.3) is 0 Å². The minimum absolute atomic E-state index is 0. The van der Waals surface area contributed by atoms with Crippen molar-refractivity contribution in [3.05, 3.63) is 57.6 Å². The molecule has 0 saturated carbocycles. The number of nitrogens with one attached hydrogen (secondary N) is 1. The highest BCUT2D eigenvalue weighted by Gasteiger charge is 2.11. The standard InChI is InChI=1S/C18H21Cl2N3O2.HI/c1-11(14-7-6-13(19)10-15(14)20)23-18(21)22-9-8-12-4-3-5-16(25-2)17(12)24;/h3-7,10-11,24H,8-9H2,1-2H3,(H3,21,22,23);1H. The molecule has 1 unspecified atom stereocenters. The first-order chi connectivity index (χ1) is 11.9. The Hall–Kier alpha value is -1.38. The van der Waals surface area contributed by atoms with Gasteiger partial charge >= 0.3 is 0 Å². The van der Waals surface area contributed by atoms with Crippen LogP contribution in [-0.2, 0) is 6.42 Å². The number of nitrogens with two attached hydrogens (primary N) is 1. The van der Waals surface area contributed by atoms with Crippen LogP contribution in [-0.4, -0.2) is 24.7 Å². The van der Waals surface area contributed by atoms with Crippen LogP contribution in [0.1, 0.15) is 24.1 Å². The summed E-state index contributed by atoms with van der Waals surface area (Å²) in [5.74, 6) is 0.882. The average molecular weight is 510 g/mol. The molecule has 0 radical (unpaired) electrons. The van der Waals surface area contributed by atoms with Gasteiger partial charge < -0.3 is 20.9 Å². The topological polar surface area (TPSA) is 79.9 Å². The monoisotopic (exact) mass is 509 g/mol. The van der Waals surface area contributed by atoms with E-state index in [0.29, 0.717) is 34.7 Å². The van der Waals surface area contributed by atoms with Crippen molar-refractivity contribution in [2.75, 3.05) is 13.7 Å². The van der Waals surface area contributed by atoms with E-state index in [4.69, 9.17) is 33.7 Å². The number of nitrogens with zero attached hydrogens (tertiary/aromatic N) is 1. The number of para-hydroxylation sites is 1. The van der Waals surface area contributed by atoms with Crippen LogP contribution in [0, 0.1) is 0 Å². The van der Waals surface area contributed by atoms with E-state index in [9.17, 15) is 5.11 Å². The van der Waals surface area contributed by atoms with E-state index in [0.717, 1.165) is 11.1 Å². The number of aliphatic imine (C=N–C) groups is 1. The van der Waals surface area contributed by atoms with Gasteiger partial charge in [0, 0.05) is 16.6 Å². The molecule has 8 heteroatoms. The zero-order valence-corrected chi connectivity index (χ0v) is 18.3. The molecule has 0 aromatic heterocycles. The fraction of sp³-hybridized carbons (Fsp3) is 0.278. The summed E-state index contributed by atoms with van der Waals surface area (Å²) < 4.78 is 5.09. The molecule has 4 N–H and O–H groups in total. The molecular formula is C18H22Cl2IN3O2. The minimum atomic E-state index is -0.112. The number of hydrogen-bond donors (Lipinski definition) is 3. The Kier molecular flexibility index (Phi) is 9.32. The molecule has 142 valence electrons. The fourth-order valence-corrected chi connectivity index (χ4v) is 3.00. The van der Waals surface area contributed by atoms with Gasteiger partial charge in [-0.15, -0.1) is 24.0 Å². The van der Waals surface area contributed by atoms with Crippen molar-refractivity contribution in [2.45, 2.75) is 19.4 Å². The second kappa shape index (κ2) is 10.7. The Bertz CT molecular complexity index is 772. The molecule has 0 saturated heterocycles. The number of guanidine groups is 1. The zero-order valence-electron chi connectivity index (χ0n) is 14.5. The molecule has 0 aliphatic heterocycles. The molecule has 0 heterocycles. The summed E-state index contributed by atoms with van der Waals surface area (Å²) >= 11 is 12.1. The van der Waals surface area contributed by atoms with E-state index in [1.165, 1.54) is 7.11 Å². The second-order valence-electron chi connectivity index (χ2n) is 5.52. The van der Waals surface area contributed by atoms with Gasteiger partial charge in [0.1, 0.15) is 0 Å². The highest BCUT2D eigenvalue weighted by Crippen LogP contribution is 2.29. The first-order valence-electron chi connectivity index (χ1n) is 7.78. The third-order valence-corrected chi connectivity index (χ3v) is 4.32. The van der Waals surface area contributed by atoms with Crippen molar-refractivity contribution >= 4 is 53.1 Å². The lowest BCUT2D eigenvalue weighted by Crippen LogP contribution is -2.34. The van der Waals surface area contributed by atoms with E-state index in [1.807, 2.05) is 25.1 Å². The van der Waals surface area contributed by atoms with Crippen molar-refractivity contribution in [2.24, 2.45) is 10.7 Å². The van der Waals surface area contributed by atoms with Gasteiger partial charge in [-0.25, -0.2) is 0 Å². The number of hydrogen-bond acceptors (Lipinski definition) is 3. The van der Waals surface area contributed by atoms with Crippen LogP contribution in [0.25, 0.3) is 0 Å². The van der Waals surface area contributed by atoms with Crippen LogP contribution >= 0.6 is 47.2 Å².